The first-order valence-electron chi connectivity index (χ1n) is 6.30. The van der Waals surface area contributed by atoms with Gasteiger partial charge in [0.15, 0.2) is 0 Å². The van der Waals surface area contributed by atoms with Crippen LogP contribution in [0.4, 0.5) is 0 Å². The number of hydrogen-bond acceptors (Lipinski definition) is 6. The average Bonchev–Trinajstić information content (AvgIpc) is 2.39. The maximum Gasteiger partial charge on any atom is 0.214 e. The van der Waals surface area contributed by atoms with E-state index < -0.39 is 0 Å². The second-order valence-corrected chi connectivity index (χ2v) is 6.27. The van der Waals surface area contributed by atoms with Gasteiger partial charge in [-0.1, -0.05) is 24.9 Å². The van der Waals surface area contributed by atoms with Crippen molar-refractivity contribution in [3.05, 3.63) is 24.3 Å². The molecule has 0 saturated heterocycles. The molecular weight excluding hydrogens is 294 g/mol. The Morgan fingerprint density at radius 3 is 1.90 bits per heavy atom. The van der Waals surface area contributed by atoms with Crippen LogP contribution in [0.5, 0.6) is 0 Å². The van der Waals surface area contributed by atoms with Crippen LogP contribution in [0.2, 0.25) is 0 Å². The van der Waals surface area contributed by atoms with E-state index in [4.69, 9.17) is 14.9 Å². The van der Waals surface area contributed by atoms with Crippen LogP contribution in [0, 0.1) is 5.41 Å². The summed E-state index contributed by atoms with van der Waals surface area (Å²) in [6, 6.07) is 0. The van der Waals surface area contributed by atoms with Crippen LogP contribution in [-0.4, -0.2) is 48.1 Å². The summed E-state index contributed by atoms with van der Waals surface area (Å²) < 4.78 is 10.7. The molecule has 0 rings (SSSR count). The van der Waals surface area contributed by atoms with E-state index in [1.807, 2.05) is 6.92 Å². The molecule has 4 nitrogen and oxygen atoms in total. The topological polar surface area (TPSA) is 59.4 Å². The second-order valence-electron chi connectivity index (χ2n) is 4.10. The first-order valence-corrected chi connectivity index (χ1v) is 8.27. The highest BCUT2D eigenvalue weighted by Gasteiger charge is 2.02. The highest BCUT2D eigenvalue weighted by molar-refractivity contribution is 8.14. The number of thioether (sulfide) groups is 2. The van der Waals surface area contributed by atoms with Gasteiger partial charge in [0.05, 0.1) is 31.5 Å². The van der Waals surface area contributed by atoms with Gasteiger partial charge in [-0.3, -0.25) is 10.2 Å². The normalized spacial score (nSPS) is 10.3. The molecule has 1 N–H and O–H groups in total. The molecule has 0 saturated carbocycles. The molecule has 0 aromatic carbocycles. The zero-order chi connectivity index (χ0) is 15.4. The molecule has 0 aliphatic heterocycles. The summed E-state index contributed by atoms with van der Waals surface area (Å²) in [6.45, 7) is 13.0. The number of rotatable bonds is 11. The Bertz CT molecular complexity index is 322. The monoisotopic (exact) mass is 317 g/mol. The first-order chi connectivity index (χ1) is 9.45. The Morgan fingerprint density at radius 2 is 1.45 bits per heavy atom. The molecule has 0 amide bonds. The Morgan fingerprint density at radius 1 is 0.950 bits per heavy atom. The highest BCUT2D eigenvalue weighted by Crippen LogP contribution is 2.09. The molecule has 20 heavy (non-hydrogen) atoms. The molecule has 0 heterocycles. The summed E-state index contributed by atoms with van der Waals surface area (Å²) in [5.41, 5.74) is 1.34. The van der Waals surface area contributed by atoms with Crippen molar-refractivity contribution in [3.8, 4) is 0 Å². The molecule has 0 spiro atoms. The number of ether oxygens (including phenoxy) is 2. The average molecular weight is 317 g/mol. The standard InChI is InChI=1S/C14H23NO3S2/c1-11(2)13(15)19-9-7-17-5-6-18-8-10-20-14(16)12(3)4/h15H,1,3,5-10H2,2,4H3. The van der Waals surface area contributed by atoms with Crippen molar-refractivity contribution in [2.24, 2.45) is 0 Å². The summed E-state index contributed by atoms with van der Waals surface area (Å²) in [5.74, 6) is 1.38. The number of nitrogens with one attached hydrogen (secondary N) is 1. The molecule has 114 valence electrons. The van der Waals surface area contributed by atoms with Crippen LogP contribution >= 0.6 is 23.5 Å². The lowest BCUT2D eigenvalue weighted by atomic mass is 10.4. The minimum absolute atomic E-state index is 0.0156. The van der Waals surface area contributed by atoms with Crippen molar-refractivity contribution in [1.82, 2.24) is 0 Å². The fraction of sp³-hybridized carbons (Fsp3) is 0.571. The minimum atomic E-state index is 0.0156. The third-order valence-electron chi connectivity index (χ3n) is 2.04. The van der Waals surface area contributed by atoms with E-state index in [2.05, 4.69) is 13.2 Å². The number of carbonyl (C=O) groups excluding carboxylic acids is 1. The van der Waals surface area contributed by atoms with Gasteiger partial charge in [-0.05, 0) is 25.0 Å². The van der Waals surface area contributed by atoms with Crippen LogP contribution in [0.3, 0.4) is 0 Å². The number of carbonyl (C=O) groups is 1. The molecule has 0 aromatic heterocycles. The Balaban J connectivity index is 3.25. The lowest BCUT2D eigenvalue weighted by molar-refractivity contribution is -0.107. The summed E-state index contributed by atoms with van der Waals surface area (Å²) in [7, 11) is 0. The highest BCUT2D eigenvalue weighted by atomic mass is 32.2. The molecule has 0 fully saturated rings. The molecule has 0 radical (unpaired) electrons. The van der Waals surface area contributed by atoms with Gasteiger partial charge in [-0.25, -0.2) is 0 Å². The summed E-state index contributed by atoms with van der Waals surface area (Å²) in [5, 5.41) is 8.07. The van der Waals surface area contributed by atoms with Crippen molar-refractivity contribution in [3.63, 3.8) is 0 Å². The van der Waals surface area contributed by atoms with Gasteiger partial charge in [-0.2, -0.15) is 0 Å². The smallest absolute Gasteiger partial charge is 0.214 e. The van der Waals surface area contributed by atoms with Crippen LogP contribution in [-0.2, 0) is 14.3 Å². The van der Waals surface area contributed by atoms with Gasteiger partial charge in [0.25, 0.3) is 0 Å². The number of hydrogen-bond donors (Lipinski definition) is 1. The van der Waals surface area contributed by atoms with Crippen molar-refractivity contribution >= 4 is 33.7 Å². The van der Waals surface area contributed by atoms with Crippen molar-refractivity contribution < 1.29 is 14.3 Å². The fourth-order valence-corrected chi connectivity index (χ4v) is 2.25. The minimum Gasteiger partial charge on any atom is -0.378 e. The Hall–Kier alpha value is -0.560. The predicted octanol–water partition coefficient (Wildman–Crippen LogP) is 3.14. The van der Waals surface area contributed by atoms with Gasteiger partial charge < -0.3 is 9.47 Å². The fourth-order valence-electron chi connectivity index (χ4n) is 0.964. The van der Waals surface area contributed by atoms with Gasteiger partial charge in [0.1, 0.15) is 0 Å². The second kappa shape index (κ2) is 12.2. The van der Waals surface area contributed by atoms with Crippen LogP contribution in [0.15, 0.2) is 24.3 Å². The van der Waals surface area contributed by atoms with Gasteiger partial charge in [-0.15, -0.1) is 11.8 Å². The van der Waals surface area contributed by atoms with E-state index in [1.54, 1.807) is 6.92 Å². The first kappa shape index (κ1) is 19.4. The van der Waals surface area contributed by atoms with Gasteiger partial charge >= 0.3 is 0 Å². The zero-order valence-corrected chi connectivity index (χ0v) is 13.8. The molecule has 6 heteroatoms. The molecule has 0 unspecified atom stereocenters. The Kier molecular flexibility index (Phi) is 11.9. The van der Waals surface area contributed by atoms with Crippen LogP contribution in [0.25, 0.3) is 0 Å². The molecule has 0 aliphatic carbocycles. The zero-order valence-electron chi connectivity index (χ0n) is 12.2. The maximum absolute atomic E-state index is 11.2. The Labute approximate surface area is 129 Å². The molecule has 0 bridgehead atoms. The quantitative estimate of drug-likeness (QED) is 0.274. The van der Waals surface area contributed by atoms with Crippen LogP contribution < -0.4 is 0 Å². The van der Waals surface area contributed by atoms with E-state index in [-0.39, 0.29) is 5.12 Å². The van der Waals surface area contributed by atoms with Crippen molar-refractivity contribution in [2.45, 2.75) is 13.8 Å². The van der Waals surface area contributed by atoms with Crippen LogP contribution in [0.1, 0.15) is 13.8 Å². The SMILES string of the molecule is C=C(C)C(=N)SCCOCCOCCSC(=O)C(=C)C. The lowest BCUT2D eigenvalue weighted by Crippen LogP contribution is -2.09. The van der Waals surface area contributed by atoms with Gasteiger partial charge in [0.2, 0.25) is 5.12 Å². The van der Waals surface area contributed by atoms with E-state index in [0.29, 0.717) is 42.8 Å². The van der Waals surface area contributed by atoms with Gasteiger partial charge in [0, 0.05) is 11.5 Å². The molecular formula is C14H23NO3S2. The van der Waals surface area contributed by atoms with E-state index in [0.717, 1.165) is 11.3 Å². The summed E-state index contributed by atoms with van der Waals surface area (Å²) >= 11 is 2.65. The van der Waals surface area contributed by atoms with E-state index in [9.17, 15) is 4.79 Å². The largest absolute Gasteiger partial charge is 0.378 e. The summed E-state index contributed by atoms with van der Waals surface area (Å²) in [6.07, 6.45) is 0. The van der Waals surface area contributed by atoms with E-state index in [1.165, 1.54) is 23.5 Å². The third kappa shape index (κ3) is 11.3. The molecule has 0 aromatic rings. The predicted molar refractivity (Wildman–Crippen MR) is 88.9 cm³/mol. The van der Waals surface area contributed by atoms with Crippen molar-refractivity contribution in [1.29, 1.82) is 5.41 Å². The third-order valence-corrected chi connectivity index (χ3v) is 4.03. The molecule has 0 atom stereocenters. The van der Waals surface area contributed by atoms with Crippen molar-refractivity contribution in [2.75, 3.05) is 37.9 Å². The molecule has 0 aliphatic rings. The lowest BCUT2D eigenvalue weighted by Gasteiger charge is -2.06. The maximum atomic E-state index is 11.2. The van der Waals surface area contributed by atoms with E-state index >= 15 is 0 Å². The summed E-state index contributed by atoms with van der Waals surface area (Å²) in [4.78, 5) is 11.2.